The molecule has 1 aromatic carbocycles. The first-order valence-electron chi connectivity index (χ1n) is 9.39. The smallest absolute Gasteiger partial charge is 0.197 e. The van der Waals surface area contributed by atoms with E-state index in [4.69, 9.17) is 4.74 Å². The molecule has 2 unspecified atom stereocenters. The lowest BCUT2D eigenvalue weighted by Gasteiger charge is -2.40. The summed E-state index contributed by atoms with van der Waals surface area (Å²) in [6.45, 7) is 1.48. The Morgan fingerprint density at radius 3 is 2.36 bits per heavy atom. The van der Waals surface area contributed by atoms with Crippen molar-refractivity contribution < 1.29 is 9.13 Å². The molecule has 0 N–H and O–H groups in total. The van der Waals surface area contributed by atoms with E-state index in [9.17, 15) is 4.39 Å². The van der Waals surface area contributed by atoms with Gasteiger partial charge in [0.25, 0.3) is 0 Å². The van der Waals surface area contributed by atoms with Gasteiger partial charge in [0, 0.05) is 45.0 Å². The number of benzene rings is 1. The van der Waals surface area contributed by atoms with E-state index in [-0.39, 0.29) is 11.9 Å². The molecule has 1 saturated carbocycles. The van der Waals surface area contributed by atoms with Gasteiger partial charge < -0.3 is 9.64 Å². The summed E-state index contributed by atoms with van der Waals surface area (Å²) in [6, 6.07) is 7.22. The van der Waals surface area contributed by atoms with Gasteiger partial charge in [0.05, 0.1) is 11.8 Å². The van der Waals surface area contributed by atoms with Crippen LogP contribution < -0.4 is 4.90 Å². The maximum absolute atomic E-state index is 14.3. The summed E-state index contributed by atoms with van der Waals surface area (Å²) >= 11 is 0. The molecule has 2 aliphatic rings. The highest BCUT2D eigenvalue weighted by molar-refractivity contribution is 5.54. The van der Waals surface area contributed by atoms with Gasteiger partial charge in [-0.05, 0) is 47.6 Å². The van der Waals surface area contributed by atoms with Crippen molar-refractivity contribution >= 4 is 5.69 Å². The fourth-order valence-corrected chi connectivity index (χ4v) is 3.78. The first-order valence-corrected chi connectivity index (χ1v) is 9.39. The maximum atomic E-state index is 14.3. The Morgan fingerprint density at radius 2 is 1.64 bits per heavy atom. The summed E-state index contributed by atoms with van der Waals surface area (Å²) in [6.07, 6.45) is 8.28. The predicted octanol–water partition coefficient (Wildman–Crippen LogP) is 3.18. The van der Waals surface area contributed by atoms with Gasteiger partial charge >= 0.3 is 0 Å². The SMILES string of the molecule is COC1CN(c2cc(C3CC3c3cnc(-c4ncccn4)nc3)ccc2F)C1. The summed E-state index contributed by atoms with van der Waals surface area (Å²) < 4.78 is 19.6. The van der Waals surface area contributed by atoms with Crippen molar-refractivity contribution in [2.75, 3.05) is 25.1 Å². The Hall–Kier alpha value is -2.93. The minimum atomic E-state index is -0.175. The number of hydrogen-bond acceptors (Lipinski definition) is 6. The molecule has 28 heavy (non-hydrogen) atoms. The van der Waals surface area contributed by atoms with E-state index >= 15 is 0 Å². The summed E-state index contributed by atoms with van der Waals surface area (Å²) in [7, 11) is 1.70. The van der Waals surface area contributed by atoms with E-state index in [0.29, 0.717) is 29.2 Å². The molecule has 2 fully saturated rings. The van der Waals surface area contributed by atoms with Crippen LogP contribution in [0.25, 0.3) is 11.6 Å². The average Bonchev–Trinajstić information content (AvgIpc) is 3.50. The van der Waals surface area contributed by atoms with E-state index in [2.05, 4.69) is 19.9 Å². The largest absolute Gasteiger partial charge is 0.378 e. The molecular formula is C21H20FN5O. The lowest BCUT2D eigenvalue weighted by molar-refractivity contribution is 0.0784. The highest BCUT2D eigenvalue weighted by Gasteiger charge is 2.40. The van der Waals surface area contributed by atoms with Crippen molar-refractivity contribution in [2.45, 2.75) is 24.4 Å². The molecule has 6 nitrogen and oxygen atoms in total. The van der Waals surface area contributed by atoms with Crippen molar-refractivity contribution in [1.82, 2.24) is 19.9 Å². The molecule has 0 radical (unpaired) electrons. The van der Waals surface area contributed by atoms with E-state index in [1.54, 1.807) is 31.6 Å². The van der Waals surface area contributed by atoms with Gasteiger partial charge in [0.15, 0.2) is 11.6 Å². The fraction of sp³-hybridized carbons (Fsp3) is 0.333. The Labute approximate surface area is 162 Å². The van der Waals surface area contributed by atoms with Crippen LogP contribution in [0.3, 0.4) is 0 Å². The molecule has 2 atom stereocenters. The third kappa shape index (κ3) is 3.11. The van der Waals surface area contributed by atoms with E-state index in [1.165, 1.54) is 0 Å². The van der Waals surface area contributed by atoms with Crippen LogP contribution in [0.15, 0.2) is 49.1 Å². The first kappa shape index (κ1) is 17.2. The molecule has 0 amide bonds. The summed E-state index contributed by atoms with van der Waals surface area (Å²) in [5.41, 5.74) is 2.93. The molecule has 3 heterocycles. The van der Waals surface area contributed by atoms with Crippen LogP contribution in [-0.2, 0) is 4.74 Å². The molecule has 2 aromatic heterocycles. The van der Waals surface area contributed by atoms with Crippen LogP contribution in [0.5, 0.6) is 0 Å². The maximum Gasteiger partial charge on any atom is 0.197 e. The van der Waals surface area contributed by atoms with Crippen molar-refractivity contribution in [3.05, 3.63) is 66.0 Å². The zero-order chi connectivity index (χ0) is 19.1. The molecule has 3 aromatic rings. The van der Waals surface area contributed by atoms with Gasteiger partial charge in [-0.15, -0.1) is 0 Å². The summed E-state index contributed by atoms with van der Waals surface area (Å²) in [5.74, 6) is 1.61. The van der Waals surface area contributed by atoms with Gasteiger partial charge in [0.2, 0.25) is 0 Å². The van der Waals surface area contributed by atoms with Gasteiger partial charge in [-0.1, -0.05) is 6.07 Å². The monoisotopic (exact) mass is 377 g/mol. The van der Waals surface area contributed by atoms with Crippen molar-refractivity contribution in [2.24, 2.45) is 0 Å². The Morgan fingerprint density at radius 1 is 0.964 bits per heavy atom. The second-order valence-corrected chi connectivity index (χ2v) is 7.33. The molecule has 1 aliphatic heterocycles. The third-order valence-electron chi connectivity index (χ3n) is 5.58. The Balaban J connectivity index is 1.31. The number of rotatable bonds is 5. The number of methoxy groups -OCH3 is 1. The molecule has 0 bridgehead atoms. The average molecular weight is 377 g/mol. The lowest BCUT2D eigenvalue weighted by atomic mass is 10.0. The van der Waals surface area contributed by atoms with Crippen molar-refractivity contribution in [1.29, 1.82) is 0 Å². The lowest BCUT2D eigenvalue weighted by Crippen LogP contribution is -2.52. The highest BCUT2D eigenvalue weighted by Crippen LogP contribution is 2.55. The zero-order valence-electron chi connectivity index (χ0n) is 15.5. The molecule has 0 spiro atoms. The summed E-state index contributed by atoms with van der Waals surface area (Å²) in [4.78, 5) is 19.2. The molecule has 1 aliphatic carbocycles. The number of hydrogen-bond donors (Lipinski definition) is 0. The predicted molar refractivity (Wildman–Crippen MR) is 103 cm³/mol. The normalized spacial score (nSPS) is 21.4. The number of halogens is 1. The minimum Gasteiger partial charge on any atom is -0.378 e. The fourth-order valence-electron chi connectivity index (χ4n) is 3.78. The van der Waals surface area contributed by atoms with Crippen LogP contribution in [0.4, 0.5) is 10.1 Å². The van der Waals surface area contributed by atoms with Crippen LogP contribution >= 0.6 is 0 Å². The number of nitrogens with zero attached hydrogens (tertiary/aromatic N) is 5. The van der Waals surface area contributed by atoms with Crippen molar-refractivity contribution in [3.8, 4) is 11.6 Å². The van der Waals surface area contributed by atoms with Crippen LogP contribution in [-0.4, -0.2) is 46.2 Å². The second kappa shape index (κ2) is 6.91. The van der Waals surface area contributed by atoms with E-state index in [0.717, 1.165) is 30.6 Å². The second-order valence-electron chi connectivity index (χ2n) is 7.33. The topological polar surface area (TPSA) is 64.0 Å². The molecule has 142 valence electrons. The third-order valence-corrected chi connectivity index (χ3v) is 5.58. The van der Waals surface area contributed by atoms with Crippen molar-refractivity contribution in [3.63, 3.8) is 0 Å². The van der Waals surface area contributed by atoms with E-state index in [1.807, 2.05) is 29.4 Å². The highest BCUT2D eigenvalue weighted by atomic mass is 19.1. The zero-order valence-corrected chi connectivity index (χ0v) is 15.5. The molecular weight excluding hydrogens is 357 g/mol. The molecule has 7 heteroatoms. The Bertz CT molecular complexity index is 976. The number of anilines is 1. The van der Waals surface area contributed by atoms with Crippen LogP contribution in [0.2, 0.25) is 0 Å². The number of ether oxygens (including phenoxy) is 1. The Kier molecular flexibility index (Phi) is 4.24. The van der Waals surface area contributed by atoms with Crippen LogP contribution in [0.1, 0.15) is 29.4 Å². The molecule has 1 saturated heterocycles. The van der Waals surface area contributed by atoms with Gasteiger partial charge in [-0.25, -0.2) is 24.3 Å². The van der Waals surface area contributed by atoms with Gasteiger partial charge in [-0.3, -0.25) is 0 Å². The number of aromatic nitrogens is 4. The summed E-state index contributed by atoms with van der Waals surface area (Å²) in [5, 5.41) is 0. The van der Waals surface area contributed by atoms with E-state index < -0.39 is 0 Å². The molecule has 5 rings (SSSR count). The quantitative estimate of drug-likeness (QED) is 0.681. The van der Waals surface area contributed by atoms with Gasteiger partial charge in [-0.2, -0.15) is 0 Å². The van der Waals surface area contributed by atoms with Gasteiger partial charge in [0.1, 0.15) is 5.82 Å². The minimum absolute atomic E-state index is 0.175. The first-order chi connectivity index (χ1) is 13.7. The standard InChI is InChI=1S/C21H20FN5O/c1-28-15-11-27(12-15)19-7-13(3-4-18(19)22)16-8-17(16)14-9-25-21(26-10-14)20-23-5-2-6-24-20/h2-7,9-10,15-17H,8,11-12H2,1H3. The van der Waals surface area contributed by atoms with Crippen LogP contribution in [0, 0.1) is 5.82 Å².